The molecule has 0 radical (unpaired) electrons. The highest BCUT2D eigenvalue weighted by molar-refractivity contribution is 8.01. The first-order chi connectivity index (χ1) is 9.10. The van der Waals surface area contributed by atoms with E-state index in [1.165, 1.54) is 23.5 Å². The van der Waals surface area contributed by atoms with Crippen LogP contribution in [0.4, 0.5) is 15.2 Å². The van der Waals surface area contributed by atoms with Crippen LogP contribution in [-0.4, -0.2) is 21.7 Å². The molecule has 1 N–H and O–H groups in total. The van der Waals surface area contributed by atoms with Gasteiger partial charge in [-0.25, -0.2) is 4.39 Å². The van der Waals surface area contributed by atoms with Gasteiger partial charge < -0.3 is 5.32 Å². The van der Waals surface area contributed by atoms with Crippen LogP contribution < -0.4 is 5.32 Å². The lowest BCUT2D eigenvalue weighted by Gasteiger charge is -1.99. The summed E-state index contributed by atoms with van der Waals surface area (Å²) >= 11 is 2.39. The van der Waals surface area contributed by atoms with Gasteiger partial charge in [-0.2, -0.15) is 0 Å². The predicted octanol–water partition coefficient (Wildman–Crippen LogP) is 3.17. The first-order valence-corrected chi connectivity index (χ1v) is 6.92. The molecule has 6 nitrogen and oxygen atoms in total. The van der Waals surface area contributed by atoms with Crippen molar-refractivity contribution in [3.8, 4) is 0 Å². The second-order valence-electron chi connectivity index (χ2n) is 3.38. The van der Waals surface area contributed by atoms with Crippen LogP contribution in [0.3, 0.4) is 0 Å². The van der Waals surface area contributed by atoms with Gasteiger partial charge >= 0.3 is 0 Å². The molecule has 0 spiro atoms. The van der Waals surface area contributed by atoms with E-state index in [-0.39, 0.29) is 10.6 Å². The van der Waals surface area contributed by atoms with Crippen LogP contribution in [0, 0.1) is 15.9 Å². The smallest absolute Gasteiger partial charge is 0.272 e. The average molecular weight is 300 g/mol. The predicted molar refractivity (Wildman–Crippen MR) is 71.3 cm³/mol. The largest absolute Gasteiger partial charge is 0.360 e. The van der Waals surface area contributed by atoms with Crippen molar-refractivity contribution < 1.29 is 9.31 Å². The third-order valence-corrected chi connectivity index (χ3v) is 4.04. The minimum atomic E-state index is -0.639. The Labute approximate surface area is 116 Å². The number of rotatable bonds is 5. The Hall–Kier alpha value is -1.74. The van der Waals surface area contributed by atoms with Crippen LogP contribution in [0.2, 0.25) is 0 Å². The molecule has 100 valence electrons. The molecule has 0 aliphatic rings. The molecule has 0 saturated carbocycles. The van der Waals surface area contributed by atoms with Gasteiger partial charge in [0.2, 0.25) is 5.13 Å². The molecule has 1 aromatic heterocycles. The van der Waals surface area contributed by atoms with Crippen LogP contribution in [0.1, 0.15) is 6.92 Å². The fourth-order valence-corrected chi connectivity index (χ4v) is 3.03. The number of nitro groups is 1. The molecule has 0 bridgehead atoms. The third kappa shape index (κ3) is 3.38. The zero-order chi connectivity index (χ0) is 13.8. The second-order valence-corrected chi connectivity index (χ2v) is 5.64. The lowest BCUT2D eigenvalue weighted by Crippen LogP contribution is -1.94. The van der Waals surface area contributed by atoms with E-state index in [1.807, 2.05) is 6.92 Å². The van der Waals surface area contributed by atoms with Crippen molar-refractivity contribution in [1.82, 2.24) is 10.2 Å². The van der Waals surface area contributed by atoms with Crippen LogP contribution in [0.5, 0.6) is 0 Å². The van der Waals surface area contributed by atoms with Crippen molar-refractivity contribution in [3.05, 3.63) is 34.1 Å². The number of nitrogens with zero attached hydrogens (tertiary/aromatic N) is 3. The molecule has 2 aromatic rings. The van der Waals surface area contributed by atoms with E-state index in [1.54, 1.807) is 0 Å². The molecule has 0 amide bonds. The normalized spacial score (nSPS) is 10.4. The van der Waals surface area contributed by atoms with E-state index in [9.17, 15) is 14.5 Å². The molecule has 1 aromatic carbocycles. The van der Waals surface area contributed by atoms with E-state index in [0.717, 1.165) is 24.4 Å². The van der Waals surface area contributed by atoms with E-state index in [0.29, 0.717) is 9.47 Å². The summed E-state index contributed by atoms with van der Waals surface area (Å²) < 4.78 is 14.2. The van der Waals surface area contributed by atoms with E-state index >= 15 is 0 Å². The van der Waals surface area contributed by atoms with Crippen LogP contribution in [0.25, 0.3) is 0 Å². The Bertz CT molecular complexity index is 605. The Kier molecular flexibility index (Phi) is 4.27. The number of nitrogens with one attached hydrogen (secondary N) is 1. The molecule has 0 aliphatic carbocycles. The number of non-ortho nitro benzene ring substituents is 1. The van der Waals surface area contributed by atoms with E-state index in [2.05, 4.69) is 15.5 Å². The summed E-state index contributed by atoms with van der Waals surface area (Å²) in [6, 6.07) is 3.53. The average Bonchev–Trinajstić information content (AvgIpc) is 2.79. The first-order valence-electron chi connectivity index (χ1n) is 5.29. The van der Waals surface area contributed by atoms with Gasteiger partial charge in [-0.1, -0.05) is 23.1 Å². The number of nitro benzene ring substituents is 1. The van der Waals surface area contributed by atoms with E-state index < -0.39 is 10.7 Å². The van der Waals surface area contributed by atoms with Crippen LogP contribution in [0.15, 0.2) is 27.4 Å². The molecule has 0 atom stereocenters. The molecule has 0 aliphatic heterocycles. The molecular formula is C10H9FN4O2S2. The monoisotopic (exact) mass is 300 g/mol. The summed E-state index contributed by atoms with van der Waals surface area (Å²) in [6.07, 6.45) is 0. The Balaban J connectivity index is 2.16. The van der Waals surface area contributed by atoms with Crippen molar-refractivity contribution in [2.45, 2.75) is 16.2 Å². The topological polar surface area (TPSA) is 81.0 Å². The van der Waals surface area contributed by atoms with Gasteiger partial charge in [0.15, 0.2) is 4.34 Å². The highest BCUT2D eigenvalue weighted by Gasteiger charge is 2.13. The molecule has 9 heteroatoms. The molecule has 0 saturated heterocycles. The quantitative estimate of drug-likeness (QED) is 0.674. The Morgan fingerprint density at radius 3 is 2.95 bits per heavy atom. The zero-order valence-electron chi connectivity index (χ0n) is 9.79. The number of hydrogen-bond acceptors (Lipinski definition) is 7. The highest BCUT2D eigenvalue weighted by atomic mass is 32.2. The minimum absolute atomic E-state index is 0.271. The molecule has 1 heterocycles. The first kappa shape index (κ1) is 13.7. The Morgan fingerprint density at radius 2 is 2.32 bits per heavy atom. The summed E-state index contributed by atoms with van der Waals surface area (Å²) in [4.78, 5) is 10.2. The molecule has 0 unspecified atom stereocenters. The fraction of sp³-hybridized carbons (Fsp3) is 0.200. The van der Waals surface area contributed by atoms with Crippen molar-refractivity contribution in [1.29, 1.82) is 0 Å². The summed E-state index contributed by atoms with van der Waals surface area (Å²) in [6.45, 7) is 2.66. The number of hydrogen-bond donors (Lipinski definition) is 1. The summed E-state index contributed by atoms with van der Waals surface area (Å²) in [5.41, 5.74) is -0.271. The number of halogens is 1. The van der Waals surface area contributed by atoms with Crippen LogP contribution in [-0.2, 0) is 0 Å². The van der Waals surface area contributed by atoms with Crippen LogP contribution >= 0.6 is 23.1 Å². The summed E-state index contributed by atoms with van der Waals surface area (Å²) in [5.74, 6) is -0.639. The maximum Gasteiger partial charge on any atom is 0.272 e. The molecule has 2 rings (SSSR count). The third-order valence-electron chi connectivity index (χ3n) is 2.06. The standard InChI is InChI=1S/C10H9FN4O2S2/c1-2-12-9-13-14-10(19-9)18-8-4-3-6(15(16)17)5-7(8)11/h3-5H,2H2,1H3,(H,12,13). The lowest BCUT2D eigenvalue weighted by molar-refractivity contribution is -0.385. The van der Waals surface area contributed by atoms with Crippen molar-refractivity contribution in [2.24, 2.45) is 0 Å². The SMILES string of the molecule is CCNc1nnc(Sc2ccc([N+](=O)[O-])cc2F)s1. The van der Waals surface area contributed by atoms with Gasteiger partial charge in [0.25, 0.3) is 5.69 Å². The number of anilines is 1. The zero-order valence-corrected chi connectivity index (χ0v) is 11.4. The van der Waals surface area contributed by atoms with Crippen molar-refractivity contribution in [2.75, 3.05) is 11.9 Å². The minimum Gasteiger partial charge on any atom is -0.360 e. The van der Waals surface area contributed by atoms with Gasteiger partial charge in [-0.3, -0.25) is 10.1 Å². The second kappa shape index (κ2) is 5.93. The van der Waals surface area contributed by atoms with Crippen molar-refractivity contribution in [3.63, 3.8) is 0 Å². The molecule has 0 fully saturated rings. The van der Waals surface area contributed by atoms with Crippen molar-refractivity contribution >= 4 is 33.9 Å². The Morgan fingerprint density at radius 1 is 1.53 bits per heavy atom. The lowest BCUT2D eigenvalue weighted by atomic mass is 10.3. The highest BCUT2D eigenvalue weighted by Crippen LogP contribution is 2.34. The van der Waals surface area contributed by atoms with Gasteiger partial charge in [-0.15, -0.1) is 10.2 Å². The maximum atomic E-state index is 13.7. The van der Waals surface area contributed by atoms with Gasteiger partial charge in [0.1, 0.15) is 5.82 Å². The number of aromatic nitrogens is 2. The molecular weight excluding hydrogens is 291 g/mol. The van der Waals surface area contributed by atoms with E-state index in [4.69, 9.17) is 0 Å². The summed E-state index contributed by atoms with van der Waals surface area (Å²) in [7, 11) is 0. The fourth-order valence-electron chi connectivity index (χ4n) is 1.25. The summed E-state index contributed by atoms with van der Waals surface area (Å²) in [5, 5.41) is 21.9. The molecule has 19 heavy (non-hydrogen) atoms. The van der Waals surface area contributed by atoms with Gasteiger partial charge in [0, 0.05) is 12.6 Å². The number of benzene rings is 1. The van der Waals surface area contributed by atoms with Gasteiger partial charge in [0.05, 0.1) is 15.9 Å². The van der Waals surface area contributed by atoms with Gasteiger partial charge in [-0.05, 0) is 13.0 Å². The maximum absolute atomic E-state index is 13.7.